The molecule has 0 aliphatic heterocycles. The first-order valence-corrected chi connectivity index (χ1v) is 8.17. The molecule has 0 bridgehead atoms. The van der Waals surface area contributed by atoms with Crippen LogP contribution in [-0.4, -0.2) is 16.3 Å². The van der Waals surface area contributed by atoms with Crippen molar-refractivity contribution in [1.82, 2.24) is 0 Å². The monoisotopic (exact) mass is 423 g/mol. The predicted molar refractivity (Wildman–Crippen MR) is 95.6 cm³/mol. The van der Waals surface area contributed by atoms with E-state index in [0.29, 0.717) is 0 Å². The zero-order valence-electron chi connectivity index (χ0n) is 12.5. The predicted octanol–water partition coefficient (Wildman–Crippen LogP) is 5.88. The molecule has 6 nitrogen and oxygen atoms in total. The average molecular weight is 425 g/mol. The van der Waals surface area contributed by atoms with Gasteiger partial charge in [0.05, 0.1) is 20.0 Å². The highest BCUT2D eigenvalue weighted by molar-refractivity contribution is 6.64. The molecule has 10 heteroatoms. The van der Waals surface area contributed by atoms with E-state index in [1.807, 2.05) is 0 Å². The first-order chi connectivity index (χ1) is 11.7. The van der Waals surface area contributed by atoms with Gasteiger partial charge in [-0.15, -0.1) is 0 Å². The third-order valence-corrected chi connectivity index (χ3v) is 4.10. The Hall–Kier alpha value is -1.73. The lowest BCUT2D eigenvalue weighted by Crippen LogP contribution is -2.19. The number of hydrogen-bond donors (Lipinski definition) is 0. The molecule has 1 atom stereocenters. The van der Waals surface area contributed by atoms with E-state index in [2.05, 4.69) is 0 Å². The summed E-state index contributed by atoms with van der Waals surface area (Å²) in [6, 6.07) is 6.54. The second kappa shape index (κ2) is 8.10. The van der Waals surface area contributed by atoms with Gasteiger partial charge in [0, 0.05) is 24.3 Å². The Morgan fingerprint density at radius 3 is 2.20 bits per heavy atom. The van der Waals surface area contributed by atoms with Gasteiger partial charge in [0.25, 0.3) is 10.9 Å². The quantitative estimate of drug-likeness (QED) is 0.328. The van der Waals surface area contributed by atoms with Crippen LogP contribution in [0.15, 0.2) is 30.3 Å². The Kier molecular flexibility index (Phi) is 6.35. The van der Waals surface area contributed by atoms with Crippen molar-refractivity contribution >= 4 is 57.3 Å². The first kappa shape index (κ1) is 19.6. The summed E-state index contributed by atoms with van der Waals surface area (Å²) >= 11 is 23.5. The van der Waals surface area contributed by atoms with Gasteiger partial charge in [-0.2, -0.15) is 0 Å². The van der Waals surface area contributed by atoms with E-state index < -0.39 is 16.3 Å². The molecule has 2 aromatic carbocycles. The molecule has 0 saturated carbocycles. The van der Waals surface area contributed by atoms with Crippen molar-refractivity contribution in [2.75, 3.05) is 0 Å². The standard InChI is InChI=1S/C15H9Cl4NO5/c1-7(15(19)21)24-14-11(17)5-9(6-12(14)18)25-13-3-2-8(20(22)23)4-10(13)16/h2-7H,1H3. The van der Waals surface area contributed by atoms with Crippen LogP contribution in [0.1, 0.15) is 6.92 Å². The number of nitro groups is 1. The van der Waals surface area contributed by atoms with Crippen LogP contribution >= 0.6 is 46.4 Å². The third-order valence-electron chi connectivity index (χ3n) is 2.94. The highest BCUT2D eigenvalue weighted by Crippen LogP contribution is 2.40. The minimum atomic E-state index is -0.937. The van der Waals surface area contributed by atoms with E-state index in [4.69, 9.17) is 55.9 Å². The topological polar surface area (TPSA) is 78.7 Å². The van der Waals surface area contributed by atoms with Gasteiger partial charge >= 0.3 is 0 Å². The number of carbonyl (C=O) groups excluding carboxylic acids is 1. The lowest BCUT2D eigenvalue weighted by molar-refractivity contribution is -0.384. The van der Waals surface area contributed by atoms with E-state index in [1.54, 1.807) is 0 Å². The highest BCUT2D eigenvalue weighted by Gasteiger charge is 2.18. The summed E-state index contributed by atoms with van der Waals surface area (Å²) in [5.74, 6) is 0.479. The van der Waals surface area contributed by atoms with Crippen LogP contribution in [0.2, 0.25) is 15.1 Å². The van der Waals surface area contributed by atoms with Crippen LogP contribution in [0.25, 0.3) is 0 Å². The molecular formula is C15H9Cl4NO5. The van der Waals surface area contributed by atoms with Gasteiger partial charge in [0.15, 0.2) is 11.9 Å². The van der Waals surface area contributed by atoms with Crippen molar-refractivity contribution in [3.8, 4) is 17.2 Å². The Morgan fingerprint density at radius 1 is 1.12 bits per heavy atom. The van der Waals surface area contributed by atoms with E-state index in [9.17, 15) is 14.9 Å². The van der Waals surface area contributed by atoms with Gasteiger partial charge in [-0.1, -0.05) is 34.8 Å². The van der Waals surface area contributed by atoms with Gasteiger partial charge < -0.3 is 9.47 Å². The van der Waals surface area contributed by atoms with Crippen LogP contribution < -0.4 is 9.47 Å². The molecule has 25 heavy (non-hydrogen) atoms. The smallest absolute Gasteiger partial charge is 0.271 e. The molecule has 0 spiro atoms. The maximum absolute atomic E-state index is 11.1. The van der Waals surface area contributed by atoms with Crippen LogP contribution in [0.3, 0.4) is 0 Å². The maximum Gasteiger partial charge on any atom is 0.271 e. The van der Waals surface area contributed by atoms with Crippen LogP contribution in [0.5, 0.6) is 17.2 Å². The number of rotatable bonds is 6. The number of ether oxygens (including phenoxy) is 2. The lowest BCUT2D eigenvalue weighted by atomic mass is 10.3. The fourth-order valence-corrected chi connectivity index (χ4v) is 2.56. The normalized spacial score (nSPS) is 11.7. The number of nitro benzene ring substituents is 1. The zero-order valence-corrected chi connectivity index (χ0v) is 15.5. The summed E-state index contributed by atoms with van der Waals surface area (Å²) in [6.07, 6.45) is -0.937. The van der Waals surface area contributed by atoms with Crippen LogP contribution in [0, 0.1) is 10.1 Å². The Labute approximate surface area is 162 Å². The molecule has 132 valence electrons. The van der Waals surface area contributed by atoms with E-state index in [-0.39, 0.29) is 38.0 Å². The minimum Gasteiger partial charge on any atom is -0.478 e. The Bertz CT molecular complexity index is 820. The molecule has 2 rings (SSSR count). The molecule has 0 amide bonds. The van der Waals surface area contributed by atoms with Crippen molar-refractivity contribution in [3.63, 3.8) is 0 Å². The Morgan fingerprint density at radius 2 is 1.72 bits per heavy atom. The third kappa shape index (κ3) is 4.89. The maximum atomic E-state index is 11.1. The van der Waals surface area contributed by atoms with Crippen molar-refractivity contribution < 1.29 is 19.2 Å². The van der Waals surface area contributed by atoms with E-state index in [1.165, 1.54) is 31.2 Å². The number of non-ortho nitro benzene ring substituents is 1. The second-order valence-electron chi connectivity index (χ2n) is 4.75. The van der Waals surface area contributed by atoms with Crippen molar-refractivity contribution in [3.05, 3.63) is 55.5 Å². The second-order valence-corrected chi connectivity index (χ2v) is 6.35. The van der Waals surface area contributed by atoms with E-state index >= 15 is 0 Å². The summed E-state index contributed by atoms with van der Waals surface area (Å²) in [4.78, 5) is 21.2. The highest BCUT2D eigenvalue weighted by atomic mass is 35.5. The van der Waals surface area contributed by atoms with Gasteiger partial charge in [-0.25, -0.2) is 0 Å². The SMILES string of the molecule is CC(Oc1c(Cl)cc(Oc2ccc([N+](=O)[O-])cc2Cl)cc1Cl)C(=O)Cl. The molecular weight excluding hydrogens is 416 g/mol. The van der Waals surface area contributed by atoms with Gasteiger partial charge in [0.2, 0.25) is 0 Å². The molecule has 0 N–H and O–H groups in total. The molecule has 0 radical (unpaired) electrons. The average Bonchev–Trinajstić information content (AvgIpc) is 2.52. The van der Waals surface area contributed by atoms with Crippen molar-refractivity contribution in [2.24, 2.45) is 0 Å². The lowest BCUT2D eigenvalue weighted by Gasteiger charge is -2.15. The molecule has 0 saturated heterocycles. The van der Waals surface area contributed by atoms with Crippen LogP contribution in [-0.2, 0) is 4.79 Å². The summed E-state index contributed by atoms with van der Waals surface area (Å²) < 4.78 is 10.8. The largest absolute Gasteiger partial charge is 0.478 e. The van der Waals surface area contributed by atoms with E-state index in [0.717, 1.165) is 6.07 Å². The molecule has 0 heterocycles. The van der Waals surface area contributed by atoms with Crippen molar-refractivity contribution in [1.29, 1.82) is 0 Å². The van der Waals surface area contributed by atoms with Gasteiger partial charge in [-0.05, 0) is 24.6 Å². The number of nitrogens with zero attached hydrogens (tertiary/aromatic N) is 1. The van der Waals surface area contributed by atoms with Crippen LogP contribution in [0.4, 0.5) is 5.69 Å². The summed E-state index contributed by atoms with van der Waals surface area (Å²) in [7, 11) is 0. The zero-order chi connectivity index (χ0) is 18.7. The summed E-state index contributed by atoms with van der Waals surface area (Å²) in [5.41, 5.74) is -0.170. The number of halogens is 4. The van der Waals surface area contributed by atoms with Crippen molar-refractivity contribution in [2.45, 2.75) is 13.0 Å². The van der Waals surface area contributed by atoms with Gasteiger partial charge in [-0.3, -0.25) is 14.9 Å². The first-order valence-electron chi connectivity index (χ1n) is 6.66. The minimum absolute atomic E-state index is 0.0446. The summed E-state index contributed by atoms with van der Waals surface area (Å²) in [5, 5.41) is 10.2. The summed E-state index contributed by atoms with van der Waals surface area (Å²) in [6.45, 7) is 1.45. The molecule has 0 aliphatic rings. The molecule has 1 unspecified atom stereocenters. The number of benzene rings is 2. The van der Waals surface area contributed by atoms with Gasteiger partial charge in [0.1, 0.15) is 11.5 Å². The molecule has 0 aromatic heterocycles. The molecule has 2 aromatic rings. The fraction of sp³-hybridized carbons (Fsp3) is 0.133. The molecule has 0 aliphatic carbocycles. The number of hydrogen-bond acceptors (Lipinski definition) is 5. The molecule has 0 fully saturated rings. The number of carbonyl (C=O) groups is 1. The Balaban J connectivity index is 2.27. The fourth-order valence-electron chi connectivity index (χ4n) is 1.74.